The summed E-state index contributed by atoms with van der Waals surface area (Å²) in [4.78, 5) is 24.8. The molecule has 9 heteroatoms. The molecule has 2 aromatic rings. The number of benzene rings is 1. The van der Waals surface area contributed by atoms with E-state index in [9.17, 15) is 18.0 Å². The number of carbonyl (C=O) groups is 2. The van der Waals surface area contributed by atoms with Gasteiger partial charge in [-0.15, -0.1) is 11.3 Å². The fraction of sp³-hybridized carbons (Fsp3) is 0.455. The first kappa shape index (κ1) is 23.4. The van der Waals surface area contributed by atoms with E-state index in [0.29, 0.717) is 22.7 Å². The van der Waals surface area contributed by atoms with Gasteiger partial charge in [0, 0.05) is 18.2 Å². The van der Waals surface area contributed by atoms with E-state index in [1.807, 2.05) is 6.92 Å². The van der Waals surface area contributed by atoms with Gasteiger partial charge >= 0.3 is 5.97 Å². The van der Waals surface area contributed by atoms with Crippen molar-refractivity contribution in [3.05, 3.63) is 46.8 Å². The van der Waals surface area contributed by atoms with Crippen LogP contribution in [0.2, 0.25) is 0 Å². The molecule has 31 heavy (non-hydrogen) atoms. The van der Waals surface area contributed by atoms with Crippen molar-refractivity contribution in [1.82, 2.24) is 4.31 Å². The van der Waals surface area contributed by atoms with E-state index in [-0.39, 0.29) is 17.5 Å². The molecule has 7 nitrogen and oxygen atoms in total. The molecule has 0 saturated heterocycles. The maximum atomic E-state index is 13.2. The van der Waals surface area contributed by atoms with Crippen LogP contribution in [0.1, 0.15) is 66.7 Å². The predicted octanol–water partition coefficient (Wildman–Crippen LogP) is 4.52. The number of rotatable bonds is 8. The quantitative estimate of drug-likeness (QED) is 0.580. The summed E-state index contributed by atoms with van der Waals surface area (Å²) in [7, 11) is -3.62. The highest BCUT2D eigenvalue weighted by molar-refractivity contribution is 7.89. The molecule has 0 bridgehead atoms. The highest BCUT2D eigenvalue weighted by Gasteiger charge is 2.31. The zero-order chi connectivity index (χ0) is 22.4. The minimum atomic E-state index is -3.62. The van der Waals surface area contributed by atoms with Crippen LogP contribution in [-0.2, 0) is 14.8 Å². The van der Waals surface area contributed by atoms with Gasteiger partial charge < -0.3 is 10.1 Å². The van der Waals surface area contributed by atoms with Gasteiger partial charge in [0.1, 0.15) is 5.00 Å². The van der Waals surface area contributed by atoms with E-state index < -0.39 is 21.9 Å². The zero-order valence-corrected chi connectivity index (χ0v) is 19.4. The third-order valence-corrected chi connectivity index (χ3v) is 8.28. The van der Waals surface area contributed by atoms with Crippen LogP contribution in [0.25, 0.3) is 0 Å². The average Bonchev–Trinajstić information content (AvgIpc) is 3.23. The number of anilines is 1. The van der Waals surface area contributed by atoms with Crippen LogP contribution in [0, 0.1) is 0 Å². The van der Waals surface area contributed by atoms with Gasteiger partial charge in [0.25, 0.3) is 5.91 Å². The molecule has 1 aliphatic rings. The largest absolute Gasteiger partial charge is 0.462 e. The molecule has 1 aliphatic carbocycles. The second-order valence-corrected chi connectivity index (χ2v) is 10.2. The SMILES string of the molecule is CCOC(=O)c1ccsc1NC(=O)c1ccc(S(=O)(=O)N(CC)C2CCCCC2)cc1. The molecular weight excluding hydrogens is 436 g/mol. The number of ether oxygens (including phenoxy) is 1. The van der Waals surface area contributed by atoms with Gasteiger partial charge in [-0.1, -0.05) is 26.2 Å². The maximum Gasteiger partial charge on any atom is 0.341 e. The summed E-state index contributed by atoms with van der Waals surface area (Å²) in [6.07, 6.45) is 5.02. The molecular formula is C22H28N2O5S2. The summed E-state index contributed by atoms with van der Waals surface area (Å²) in [5.41, 5.74) is 0.605. The summed E-state index contributed by atoms with van der Waals surface area (Å²) in [5.74, 6) is -0.917. The molecule has 1 fully saturated rings. The van der Waals surface area contributed by atoms with Gasteiger partial charge in [0.15, 0.2) is 0 Å². The van der Waals surface area contributed by atoms with Gasteiger partial charge in [0.05, 0.1) is 17.1 Å². The Labute approximate surface area is 187 Å². The molecule has 1 heterocycles. The monoisotopic (exact) mass is 464 g/mol. The first-order valence-electron chi connectivity index (χ1n) is 10.6. The minimum absolute atomic E-state index is 0.0341. The summed E-state index contributed by atoms with van der Waals surface area (Å²) in [5, 5.41) is 4.80. The van der Waals surface area contributed by atoms with Crippen molar-refractivity contribution in [2.24, 2.45) is 0 Å². The van der Waals surface area contributed by atoms with Crippen LogP contribution in [0.5, 0.6) is 0 Å². The molecule has 1 N–H and O–H groups in total. The summed E-state index contributed by atoms with van der Waals surface area (Å²) in [6, 6.07) is 7.56. The molecule has 0 unspecified atom stereocenters. The zero-order valence-electron chi connectivity index (χ0n) is 17.8. The Hall–Kier alpha value is -2.23. The number of nitrogens with one attached hydrogen (secondary N) is 1. The smallest absolute Gasteiger partial charge is 0.341 e. The molecule has 3 rings (SSSR count). The normalized spacial score (nSPS) is 15.1. The van der Waals surface area contributed by atoms with Crippen LogP contribution in [-0.4, -0.2) is 43.8 Å². The predicted molar refractivity (Wildman–Crippen MR) is 121 cm³/mol. The molecule has 0 atom stereocenters. The van der Waals surface area contributed by atoms with Crippen LogP contribution >= 0.6 is 11.3 Å². The van der Waals surface area contributed by atoms with Crippen LogP contribution in [0.3, 0.4) is 0 Å². The Balaban J connectivity index is 1.74. The Bertz CT molecular complexity index is 1010. The molecule has 1 amide bonds. The Morgan fingerprint density at radius 3 is 2.39 bits per heavy atom. The van der Waals surface area contributed by atoms with E-state index in [2.05, 4.69) is 5.32 Å². The molecule has 1 aromatic heterocycles. The lowest BCUT2D eigenvalue weighted by molar-refractivity contribution is 0.0528. The van der Waals surface area contributed by atoms with Crippen LogP contribution in [0.4, 0.5) is 5.00 Å². The fourth-order valence-corrected chi connectivity index (χ4v) is 6.32. The standard InChI is InChI=1S/C22H28N2O5S2/c1-3-24(17-8-6-5-7-9-17)31(27,28)18-12-10-16(11-13-18)20(25)23-21-19(14-15-30-21)22(26)29-4-2/h10-15,17H,3-9H2,1-2H3,(H,23,25). The van der Waals surface area contributed by atoms with Crippen molar-refractivity contribution in [3.8, 4) is 0 Å². The number of carbonyl (C=O) groups excluding carboxylic acids is 2. The van der Waals surface area contributed by atoms with Crippen molar-refractivity contribution in [2.45, 2.75) is 56.9 Å². The second-order valence-electron chi connectivity index (χ2n) is 7.36. The van der Waals surface area contributed by atoms with Crippen molar-refractivity contribution < 1.29 is 22.7 Å². The Morgan fingerprint density at radius 1 is 1.10 bits per heavy atom. The lowest BCUT2D eigenvalue weighted by Crippen LogP contribution is -2.41. The number of hydrogen-bond acceptors (Lipinski definition) is 6. The summed E-state index contributed by atoms with van der Waals surface area (Å²) < 4.78 is 32.9. The number of hydrogen-bond donors (Lipinski definition) is 1. The topological polar surface area (TPSA) is 92.8 Å². The van der Waals surface area contributed by atoms with Gasteiger partial charge in [-0.2, -0.15) is 4.31 Å². The number of esters is 1. The highest BCUT2D eigenvalue weighted by Crippen LogP contribution is 2.28. The fourth-order valence-electron chi connectivity index (χ4n) is 3.86. The highest BCUT2D eigenvalue weighted by atomic mass is 32.2. The number of amides is 1. The van der Waals surface area contributed by atoms with E-state index in [1.165, 1.54) is 35.6 Å². The average molecular weight is 465 g/mol. The van der Waals surface area contributed by atoms with Crippen molar-refractivity contribution in [3.63, 3.8) is 0 Å². The van der Waals surface area contributed by atoms with Gasteiger partial charge in [-0.3, -0.25) is 4.79 Å². The summed E-state index contributed by atoms with van der Waals surface area (Å²) >= 11 is 1.22. The van der Waals surface area contributed by atoms with Gasteiger partial charge in [-0.25, -0.2) is 13.2 Å². The Kier molecular flexibility index (Phi) is 7.85. The van der Waals surface area contributed by atoms with E-state index >= 15 is 0 Å². The van der Waals surface area contributed by atoms with Crippen LogP contribution in [0.15, 0.2) is 40.6 Å². The number of sulfonamides is 1. The Morgan fingerprint density at radius 2 is 1.77 bits per heavy atom. The molecule has 1 aromatic carbocycles. The minimum Gasteiger partial charge on any atom is -0.462 e. The first-order chi connectivity index (χ1) is 14.9. The third-order valence-electron chi connectivity index (χ3n) is 5.40. The van der Waals surface area contributed by atoms with E-state index in [4.69, 9.17) is 4.74 Å². The van der Waals surface area contributed by atoms with Crippen molar-refractivity contribution in [1.29, 1.82) is 0 Å². The van der Waals surface area contributed by atoms with Crippen LogP contribution < -0.4 is 5.32 Å². The molecule has 0 radical (unpaired) electrons. The van der Waals surface area contributed by atoms with Crippen molar-refractivity contribution in [2.75, 3.05) is 18.5 Å². The maximum absolute atomic E-state index is 13.2. The molecule has 168 valence electrons. The molecule has 0 spiro atoms. The van der Waals surface area contributed by atoms with E-state index in [0.717, 1.165) is 32.1 Å². The lowest BCUT2D eigenvalue weighted by atomic mass is 9.95. The first-order valence-corrected chi connectivity index (χ1v) is 12.9. The van der Waals surface area contributed by atoms with E-state index in [1.54, 1.807) is 22.7 Å². The lowest BCUT2D eigenvalue weighted by Gasteiger charge is -2.32. The second kappa shape index (κ2) is 10.4. The molecule has 0 aliphatic heterocycles. The molecule has 1 saturated carbocycles. The van der Waals surface area contributed by atoms with Crippen molar-refractivity contribution >= 4 is 38.2 Å². The summed E-state index contributed by atoms with van der Waals surface area (Å²) in [6.45, 7) is 4.24. The van der Waals surface area contributed by atoms with Gasteiger partial charge in [-0.05, 0) is 55.5 Å². The number of nitrogens with zero attached hydrogens (tertiary/aromatic N) is 1. The third kappa shape index (κ3) is 5.34. The number of thiophene rings is 1. The van der Waals surface area contributed by atoms with Gasteiger partial charge in [0.2, 0.25) is 10.0 Å².